The molecule has 0 aliphatic carbocycles. The van der Waals surface area contributed by atoms with E-state index in [4.69, 9.17) is 0 Å². The van der Waals surface area contributed by atoms with E-state index in [0.29, 0.717) is 0 Å². The number of para-hydroxylation sites is 5. The lowest BCUT2D eigenvalue weighted by Crippen LogP contribution is -2.09. The molecule has 0 bridgehead atoms. The lowest BCUT2D eigenvalue weighted by atomic mass is 10.1. The third kappa shape index (κ3) is 10.5. The lowest BCUT2D eigenvalue weighted by Gasteiger charge is -2.26. The van der Waals surface area contributed by atoms with Gasteiger partial charge in [0.05, 0.1) is 0 Å². The van der Waals surface area contributed by atoms with E-state index in [0.717, 1.165) is 57.6 Å². The molecule has 11 rings (SSSR count). The normalized spacial score (nSPS) is 11.0. The number of anilines is 9. The van der Waals surface area contributed by atoms with Crippen molar-refractivity contribution in [2.24, 2.45) is 0 Å². The molecule has 9 aromatic carbocycles. The fourth-order valence-corrected chi connectivity index (χ4v) is 10.9. The van der Waals surface area contributed by atoms with Crippen molar-refractivity contribution in [3.05, 3.63) is 249 Å². The molecule has 0 unspecified atom stereocenters. The first-order valence-corrected chi connectivity index (χ1v) is 25.2. The Hall–Kier alpha value is -7.35. The van der Waals surface area contributed by atoms with Gasteiger partial charge in [-0.3, -0.25) is 0 Å². The molecule has 2 aromatic heterocycles. The fraction of sp³-hybridized carbons (Fsp3) is 0.0794. The Labute approximate surface area is 422 Å². The monoisotopic (exact) mass is 951 g/mol. The van der Waals surface area contributed by atoms with E-state index < -0.39 is 0 Å². The number of allylic oxidation sites excluding steroid dienone is 4. The van der Waals surface area contributed by atoms with Gasteiger partial charge < -0.3 is 14.7 Å². The second kappa shape index (κ2) is 23.1. The van der Waals surface area contributed by atoms with Gasteiger partial charge in [-0.1, -0.05) is 148 Å². The first-order valence-electron chi connectivity index (χ1n) is 23.5. The van der Waals surface area contributed by atoms with Crippen molar-refractivity contribution in [1.29, 1.82) is 0 Å². The number of rotatable bonds is 11. The predicted octanol–water partition coefficient (Wildman–Crippen LogP) is 20.5. The highest BCUT2D eigenvalue weighted by molar-refractivity contribution is 7.59. The topological polar surface area (TPSA) is 9.72 Å². The van der Waals surface area contributed by atoms with Crippen LogP contribution in [0, 0.1) is 0 Å². The minimum absolute atomic E-state index is 0. The summed E-state index contributed by atoms with van der Waals surface area (Å²) < 4.78 is 5.08. The van der Waals surface area contributed by atoms with E-state index >= 15 is 0 Å². The van der Waals surface area contributed by atoms with E-state index in [-0.39, 0.29) is 13.5 Å². The van der Waals surface area contributed by atoms with Crippen LogP contribution in [0.25, 0.3) is 40.3 Å². The third-order valence-electron chi connectivity index (χ3n) is 11.7. The van der Waals surface area contributed by atoms with Gasteiger partial charge in [0.1, 0.15) is 0 Å². The maximum atomic E-state index is 2.39. The molecule has 0 saturated carbocycles. The van der Waals surface area contributed by atoms with Gasteiger partial charge >= 0.3 is 0 Å². The molecule has 2 heterocycles. The Kier molecular flexibility index (Phi) is 16.1. The van der Waals surface area contributed by atoms with Crippen molar-refractivity contribution in [2.75, 3.05) is 14.7 Å². The number of thiophene rings is 2. The van der Waals surface area contributed by atoms with Gasteiger partial charge in [-0.15, -0.1) is 22.7 Å². The molecule has 0 aliphatic rings. The van der Waals surface area contributed by atoms with Crippen LogP contribution in [0.3, 0.4) is 0 Å². The van der Waals surface area contributed by atoms with E-state index in [1.165, 1.54) is 40.3 Å². The molecule has 0 aliphatic heterocycles. The van der Waals surface area contributed by atoms with Crippen LogP contribution >= 0.6 is 36.2 Å². The predicted molar refractivity (Wildman–Crippen MR) is 312 cm³/mol. The Morgan fingerprint density at radius 1 is 0.333 bits per heavy atom. The molecule has 342 valence electrons. The maximum absolute atomic E-state index is 2.39. The highest BCUT2D eigenvalue weighted by Crippen LogP contribution is 2.46. The molecule has 0 saturated heterocycles. The Balaban J connectivity index is 0.000000592. The second-order valence-corrected chi connectivity index (χ2v) is 18.1. The molecule has 0 atom stereocenters. The van der Waals surface area contributed by atoms with Gasteiger partial charge in [-0.05, 0) is 135 Å². The average molecular weight is 952 g/mol. The molecular formula is C63H57N3S3. The SMILES string of the molecule is C/C=C\C=C/CC.CC.S.c1ccc(N(c2ccccc2)c2ccc3c(c2)sc2ccc(N(c4ccccc4)c4ccc5c(c4)sc4ccc(N(c6ccccc6)c6ccccc6)cc45)cc23)cc1. The van der Waals surface area contributed by atoms with Gasteiger partial charge in [0.2, 0.25) is 0 Å². The van der Waals surface area contributed by atoms with Crippen LogP contribution in [0.4, 0.5) is 51.2 Å². The molecule has 6 heteroatoms. The van der Waals surface area contributed by atoms with Crippen molar-refractivity contribution < 1.29 is 0 Å². The Bertz CT molecular complexity index is 3340. The smallest absolute Gasteiger partial charge is 0.0476 e. The van der Waals surface area contributed by atoms with Crippen LogP contribution in [0.5, 0.6) is 0 Å². The summed E-state index contributed by atoms with van der Waals surface area (Å²) in [6, 6.07) is 80.9. The molecule has 0 radical (unpaired) electrons. The average Bonchev–Trinajstić information content (AvgIpc) is 3.96. The summed E-state index contributed by atoms with van der Waals surface area (Å²) in [5.41, 5.74) is 10.2. The standard InChI is InChI=1S/C54H37N3S2.C7H12.C2H6.H2S/c1-6-16-38(17-7-1)55(39-18-8-2-9-19-39)43-28-32-51-49(34-43)48-31-27-46(37-54(48)59-51)57(42-24-14-5-15-25-42)44-29-33-52-50(35-44)47-30-26-45(36-53(47)58-52)56(40-20-10-3-11-21-40)41-22-12-4-13-23-41;1-3-5-7-6-4-2;1-2;/h1-37H;3,5-7H,4H2,1-2H3;1-2H3;1H2/b;5-3-,7-6-;;. The quantitative estimate of drug-likeness (QED) is 0.120. The van der Waals surface area contributed by atoms with Crippen LogP contribution in [0.1, 0.15) is 34.1 Å². The van der Waals surface area contributed by atoms with Crippen LogP contribution in [-0.4, -0.2) is 0 Å². The molecule has 69 heavy (non-hydrogen) atoms. The molecule has 11 aromatic rings. The first-order chi connectivity index (χ1) is 33.7. The van der Waals surface area contributed by atoms with Gasteiger partial charge in [-0.25, -0.2) is 0 Å². The largest absolute Gasteiger partial charge is 0.310 e. The van der Waals surface area contributed by atoms with Crippen LogP contribution in [0.15, 0.2) is 249 Å². The molecule has 0 spiro atoms. The van der Waals surface area contributed by atoms with Crippen molar-refractivity contribution in [3.63, 3.8) is 0 Å². The molecule has 0 N–H and O–H groups in total. The second-order valence-electron chi connectivity index (χ2n) is 16.0. The van der Waals surface area contributed by atoms with Gasteiger partial charge in [0, 0.05) is 91.5 Å². The van der Waals surface area contributed by atoms with E-state index in [9.17, 15) is 0 Å². The summed E-state index contributed by atoms with van der Waals surface area (Å²) in [5.74, 6) is 0. The minimum Gasteiger partial charge on any atom is -0.310 e. The van der Waals surface area contributed by atoms with E-state index in [1.807, 2.05) is 55.6 Å². The number of hydrogen-bond donors (Lipinski definition) is 0. The Morgan fingerprint density at radius 3 is 0.957 bits per heavy atom. The highest BCUT2D eigenvalue weighted by atomic mass is 32.1. The van der Waals surface area contributed by atoms with E-state index in [2.05, 4.69) is 258 Å². The van der Waals surface area contributed by atoms with Crippen LogP contribution < -0.4 is 14.7 Å². The zero-order valence-electron chi connectivity index (χ0n) is 39.5. The summed E-state index contributed by atoms with van der Waals surface area (Å²) in [5, 5.41) is 5.05. The summed E-state index contributed by atoms with van der Waals surface area (Å²) in [4.78, 5) is 7.06. The Morgan fingerprint density at radius 2 is 0.638 bits per heavy atom. The van der Waals surface area contributed by atoms with Gasteiger partial charge in [0.15, 0.2) is 0 Å². The zero-order valence-corrected chi connectivity index (χ0v) is 42.2. The molecule has 0 fully saturated rings. The summed E-state index contributed by atoms with van der Waals surface area (Å²) in [6.07, 6.45) is 9.36. The van der Waals surface area contributed by atoms with Crippen LogP contribution in [0.2, 0.25) is 0 Å². The van der Waals surface area contributed by atoms with Crippen molar-refractivity contribution in [1.82, 2.24) is 0 Å². The number of fused-ring (bicyclic) bond motifs is 6. The van der Waals surface area contributed by atoms with Crippen molar-refractivity contribution in [2.45, 2.75) is 34.1 Å². The summed E-state index contributed by atoms with van der Waals surface area (Å²) in [7, 11) is 0. The zero-order chi connectivity index (χ0) is 46.7. The fourth-order valence-electron chi connectivity index (χ4n) is 8.62. The minimum atomic E-state index is 0. The van der Waals surface area contributed by atoms with Crippen molar-refractivity contribution >= 4 is 128 Å². The molecule has 0 amide bonds. The molecule has 3 nitrogen and oxygen atoms in total. The van der Waals surface area contributed by atoms with Gasteiger partial charge in [0.25, 0.3) is 0 Å². The highest BCUT2D eigenvalue weighted by Gasteiger charge is 2.19. The maximum Gasteiger partial charge on any atom is 0.0476 e. The summed E-state index contributed by atoms with van der Waals surface area (Å²) in [6.45, 7) is 8.14. The van der Waals surface area contributed by atoms with Gasteiger partial charge in [-0.2, -0.15) is 13.5 Å². The number of nitrogens with zero attached hydrogens (tertiary/aromatic N) is 3. The number of benzene rings is 9. The van der Waals surface area contributed by atoms with Crippen LogP contribution in [-0.2, 0) is 0 Å². The first kappa shape index (κ1) is 48.1. The van der Waals surface area contributed by atoms with E-state index in [1.54, 1.807) is 0 Å². The lowest BCUT2D eigenvalue weighted by molar-refractivity contribution is 1.22. The summed E-state index contributed by atoms with van der Waals surface area (Å²) >= 11 is 3.71. The third-order valence-corrected chi connectivity index (χ3v) is 13.9. The van der Waals surface area contributed by atoms with Crippen molar-refractivity contribution in [3.8, 4) is 0 Å². The molecular weight excluding hydrogens is 895 g/mol. The number of hydrogen-bond acceptors (Lipinski definition) is 5.